The maximum Gasteiger partial charge on any atom is 0.213 e. The van der Waals surface area contributed by atoms with Gasteiger partial charge in [0.2, 0.25) is 22.8 Å². The Labute approximate surface area is 668 Å². The molecule has 0 saturated carbocycles. The Balaban J connectivity index is 0.000000130. The number of benzene rings is 8. The molecule has 0 unspecified atom stereocenters. The molecule has 0 aliphatic heterocycles. The van der Waals surface area contributed by atoms with Crippen molar-refractivity contribution >= 4 is 0 Å². The Morgan fingerprint density at radius 2 is 0.550 bits per heavy atom. The molecule has 4 aliphatic carbocycles. The summed E-state index contributed by atoms with van der Waals surface area (Å²) in [6.45, 7) is 52.5. The van der Waals surface area contributed by atoms with Crippen LogP contribution in [0.15, 0.2) is 176 Å². The number of nitrogens with zero attached hydrogens (tertiary/aromatic N) is 4. The first-order valence-electron chi connectivity index (χ1n) is 41.0. The third-order valence-corrected chi connectivity index (χ3v) is 23.9. The lowest BCUT2D eigenvalue weighted by atomic mass is 9.86. The van der Waals surface area contributed by atoms with E-state index in [4.69, 9.17) is 0 Å². The van der Waals surface area contributed by atoms with Gasteiger partial charge < -0.3 is 0 Å². The molecule has 4 heterocycles. The molecule has 0 bridgehead atoms. The van der Waals surface area contributed by atoms with Crippen LogP contribution in [0.2, 0.25) is 0 Å². The fourth-order valence-electron chi connectivity index (χ4n) is 18.8. The Hall–Kier alpha value is -9.64. The first-order valence-corrected chi connectivity index (χ1v) is 41.0. The predicted octanol–water partition coefficient (Wildman–Crippen LogP) is 24.7. The summed E-state index contributed by atoms with van der Waals surface area (Å²) in [7, 11) is 8.80. The van der Waals surface area contributed by atoms with E-state index in [1.54, 1.807) is 0 Å². The van der Waals surface area contributed by atoms with Crippen LogP contribution in [-0.4, -0.2) is 0 Å². The second-order valence-electron chi connectivity index (χ2n) is 38.7. The Morgan fingerprint density at radius 3 is 0.973 bits per heavy atom. The molecule has 4 nitrogen and oxygen atoms in total. The van der Waals surface area contributed by atoms with Crippen LogP contribution in [0.5, 0.6) is 0 Å². The van der Waals surface area contributed by atoms with Crippen molar-refractivity contribution in [3.8, 4) is 89.5 Å². The molecule has 0 N–H and O–H groups in total. The molecule has 111 heavy (non-hydrogen) atoms. The minimum atomic E-state index is 0.294. The number of pyridine rings is 4. The molecule has 0 fully saturated rings. The monoisotopic (exact) mass is 1470 g/mol. The number of hydrogen-bond acceptors (Lipinski definition) is 0. The van der Waals surface area contributed by atoms with Crippen molar-refractivity contribution in [3.63, 3.8) is 0 Å². The second-order valence-corrected chi connectivity index (χ2v) is 38.7. The normalized spacial score (nSPS) is 12.8. The first-order chi connectivity index (χ1) is 52.2. The second kappa shape index (κ2) is 30.5. The van der Waals surface area contributed by atoms with Crippen LogP contribution >= 0.6 is 0 Å². The quantitative estimate of drug-likeness (QED) is 0.135. The Kier molecular flexibility index (Phi) is 21.8. The van der Waals surface area contributed by atoms with Crippen molar-refractivity contribution in [2.75, 3.05) is 0 Å². The van der Waals surface area contributed by atoms with Crippen molar-refractivity contribution < 1.29 is 18.3 Å². The third kappa shape index (κ3) is 16.5. The first kappa shape index (κ1) is 79.4. The smallest absolute Gasteiger partial charge is 0.201 e. The summed E-state index contributed by atoms with van der Waals surface area (Å²) < 4.78 is 9.35. The molecule has 0 saturated heterocycles. The molecule has 8 aromatic carbocycles. The van der Waals surface area contributed by atoms with Crippen LogP contribution in [-0.2, 0) is 79.6 Å². The van der Waals surface area contributed by atoms with E-state index in [9.17, 15) is 0 Å². The van der Waals surface area contributed by atoms with E-state index in [0.717, 1.165) is 51.4 Å². The van der Waals surface area contributed by atoms with Gasteiger partial charge in [-0.1, -0.05) is 216 Å². The van der Waals surface area contributed by atoms with Gasteiger partial charge in [-0.3, -0.25) is 0 Å². The van der Waals surface area contributed by atoms with Crippen LogP contribution in [0.4, 0.5) is 0 Å². The summed E-state index contributed by atoms with van der Waals surface area (Å²) in [5, 5.41) is 0. The molecule has 12 aromatic rings. The summed E-state index contributed by atoms with van der Waals surface area (Å²) in [5.41, 5.74) is 56.2. The van der Waals surface area contributed by atoms with Crippen LogP contribution in [0, 0.1) is 97.8 Å². The molecule has 4 aliphatic rings. The van der Waals surface area contributed by atoms with Gasteiger partial charge in [-0.15, -0.1) is 0 Å². The van der Waals surface area contributed by atoms with Gasteiger partial charge in [-0.2, -0.15) is 0 Å². The number of rotatable bonds is 8. The van der Waals surface area contributed by atoms with E-state index in [1.165, 1.54) is 217 Å². The van der Waals surface area contributed by atoms with E-state index in [1.807, 2.05) is 0 Å². The predicted molar refractivity (Wildman–Crippen MR) is 470 cm³/mol. The lowest BCUT2D eigenvalue weighted by Crippen LogP contribution is -2.33. The van der Waals surface area contributed by atoms with Gasteiger partial charge in [0.05, 0.1) is 22.3 Å². The topological polar surface area (TPSA) is 15.5 Å². The van der Waals surface area contributed by atoms with Gasteiger partial charge in [-0.25, -0.2) is 18.3 Å². The van der Waals surface area contributed by atoms with Crippen LogP contribution in [0.25, 0.3) is 89.5 Å². The number of hydrogen-bond donors (Lipinski definition) is 0. The highest BCUT2D eigenvalue weighted by atomic mass is 14.9. The van der Waals surface area contributed by atoms with Crippen LogP contribution in [0.1, 0.15) is 211 Å². The van der Waals surface area contributed by atoms with Gasteiger partial charge in [0.15, 0.2) is 24.8 Å². The molecular formula is C107H126N4+4. The summed E-state index contributed by atoms with van der Waals surface area (Å²) in [6.07, 6.45) is 17.9. The Morgan fingerprint density at radius 1 is 0.234 bits per heavy atom. The van der Waals surface area contributed by atoms with Gasteiger partial charge in [0, 0.05) is 46.5 Å². The van der Waals surface area contributed by atoms with E-state index in [-0.39, 0.29) is 0 Å². The van der Waals surface area contributed by atoms with Gasteiger partial charge in [-0.05, 0) is 294 Å². The fraction of sp³-hybridized carbons (Fsp3) is 0.364. The zero-order valence-electron chi connectivity index (χ0n) is 72.7. The highest BCUT2D eigenvalue weighted by Crippen LogP contribution is 2.49. The van der Waals surface area contributed by atoms with Gasteiger partial charge >= 0.3 is 0 Å². The van der Waals surface area contributed by atoms with Crippen molar-refractivity contribution in [1.82, 2.24) is 0 Å². The molecule has 0 amide bonds. The zero-order valence-corrected chi connectivity index (χ0v) is 72.7. The molecule has 0 radical (unpaired) electrons. The molecule has 16 rings (SSSR count). The number of aromatic nitrogens is 4. The van der Waals surface area contributed by atoms with E-state index >= 15 is 0 Å². The summed E-state index contributed by atoms with van der Waals surface area (Å²) in [4.78, 5) is 0. The SMILES string of the molecule is Cc1cc(-c2c(C)cc(C)c3c2Cc2ccccc2-3)[n+](C)cc1CC(C)(C)C.Cc1cc(-c2c(C)ccc3c2Cc2cccc(C)c2-3)[n+](C)cc1CC(C)(C)C.Cc1cc(-c2c(C)ccc3c2Cc2ccccc2-3)[n+](C)cc1CC(C)(C)C.Cc1ccc2c(c1)-c1ccc(C)c(-c3cc(C)c(CC(C)(C)C)c[n+]3C)c1C2. The number of aryl methyl sites for hydroxylation is 15. The molecule has 570 valence electrons. The van der Waals surface area contributed by atoms with Crippen LogP contribution < -0.4 is 18.3 Å². The lowest BCUT2D eigenvalue weighted by Gasteiger charge is -2.20. The Bertz CT molecular complexity index is 5680. The van der Waals surface area contributed by atoms with E-state index in [0.29, 0.717) is 21.7 Å². The van der Waals surface area contributed by atoms with E-state index in [2.05, 4.69) is 382 Å². The minimum Gasteiger partial charge on any atom is -0.201 e. The fourth-order valence-corrected chi connectivity index (χ4v) is 18.8. The largest absolute Gasteiger partial charge is 0.213 e. The summed E-state index contributed by atoms with van der Waals surface area (Å²) >= 11 is 0. The molecular weight excluding hydrogens is 1340 g/mol. The average molecular weight is 1470 g/mol. The summed E-state index contributed by atoms with van der Waals surface area (Å²) in [5.74, 6) is 0. The highest BCUT2D eigenvalue weighted by molar-refractivity contribution is 5.90. The van der Waals surface area contributed by atoms with Gasteiger partial charge in [0.1, 0.15) is 28.2 Å². The highest BCUT2D eigenvalue weighted by Gasteiger charge is 2.34. The minimum absolute atomic E-state index is 0.294. The van der Waals surface area contributed by atoms with Crippen molar-refractivity contribution in [3.05, 3.63) is 304 Å². The summed E-state index contributed by atoms with van der Waals surface area (Å²) in [6, 6.07) is 57.2. The zero-order chi connectivity index (χ0) is 80.0. The van der Waals surface area contributed by atoms with Crippen molar-refractivity contribution in [1.29, 1.82) is 0 Å². The maximum absolute atomic E-state index is 2.40. The molecule has 0 atom stereocenters. The van der Waals surface area contributed by atoms with Crippen molar-refractivity contribution in [2.24, 2.45) is 49.9 Å². The third-order valence-electron chi connectivity index (χ3n) is 23.9. The standard InChI is InChI=1S/3C27H32N.C26H30N/c1-17-8-10-20-14-24-22(23(20)12-17)11-9-18(2)26(24)25-13-19(3)21(16-28(25)7)15-27(4,5)6;1-17-9-8-10-20-14-23-22(25(17)20)12-11-18(2)26(23)24-13-19(3)21(16-28(24)7)15-27(4,5)6;1-17-13-24(28(7)16-21(17)15-27(4,5)6)26-19(3)12-18(2)25-22-11-9-8-10-20(22)14-23(25)26;1-17-11-12-22-21-10-8-7-9-19(21)14-23(22)25(17)24-13-18(2)20(16-27(24)6)15-26(3,4)5/h3*8-13,16H,14-15H2,1-7H3;7-13,16H,14-15H2,1-6H3/q4*+1. The average Bonchev–Trinajstić information content (AvgIpc) is 1.63. The lowest BCUT2D eigenvalue weighted by molar-refractivity contribution is -0.661. The van der Waals surface area contributed by atoms with Crippen LogP contribution in [0.3, 0.4) is 0 Å². The maximum atomic E-state index is 2.40. The number of fused-ring (bicyclic) bond motifs is 12. The van der Waals surface area contributed by atoms with Gasteiger partial charge in [0.25, 0.3) is 0 Å². The van der Waals surface area contributed by atoms with E-state index < -0.39 is 0 Å². The molecule has 4 aromatic heterocycles. The van der Waals surface area contributed by atoms with Crippen molar-refractivity contribution in [2.45, 2.75) is 211 Å². The molecule has 4 heteroatoms. The molecule has 0 spiro atoms.